The lowest BCUT2D eigenvalue weighted by atomic mass is 9.96. The van der Waals surface area contributed by atoms with Crippen molar-refractivity contribution in [3.63, 3.8) is 0 Å². The highest BCUT2D eigenvalue weighted by Crippen LogP contribution is 2.22. The Kier molecular flexibility index (Phi) is 5.36. The quantitative estimate of drug-likeness (QED) is 0.802. The van der Waals surface area contributed by atoms with E-state index in [9.17, 15) is 4.79 Å². The summed E-state index contributed by atoms with van der Waals surface area (Å²) in [5, 5.41) is 0. The van der Waals surface area contributed by atoms with Crippen LogP contribution < -0.4 is 10.5 Å². The van der Waals surface area contributed by atoms with Gasteiger partial charge in [0, 0.05) is 6.42 Å². The first kappa shape index (κ1) is 15.5. The summed E-state index contributed by atoms with van der Waals surface area (Å²) >= 11 is 0. The summed E-state index contributed by atoms with van der Waals surface area (Å²) in [7, 11) is 1.34. The number of carbonyl (C=O) groups excluding carboxylic acids is 1. The number of carbonyl (C=O) groups is 1. The van der Waals surface area contributed by atoms with Gasteiger partial charge in [-0.1, -0.05) is 25.1 Å². The number of ether oxygens (including phenoxy) is 2. The highest BCUT2D eigenvalue weighted by Gasteiger charge is 2.32. The van der Waals surface area contributed by atoms with E-state index in [-0.39, 0.29) is 6.10 Å². The van der Waals surface area contributed by atoms with E-state index in [0.29, 0.717) is 6.42 Å². The first-order chi connectivity index (χ1) is 8.90. The van der Waals surface area contributed by atoms with Crippen molar-refractivity contribution in [2.45, 2.75) is 45.3 Å². The van der Waals surface area contributed by atoms with Crippen molar-refractivity contribution in [3.05, 3.63) is 29.8 Å². The van der Waals surface area contributed by atoms with Gasteiger partial charge < -0.3 is 15.2 Å². The van der Waals surface area contributed by atoms with Crippen LogP contribution in [0.25, 0.3) is 0 Å². The number of hydrogen-bond acceptors (Lipinski definition) is 4. The zero-order valence-corrected chi connectivity index (χ0v) is 12.1. The molecule has 106 valence electrons. The van der Waals surface area contributed by atoms with Gasteiger partial charge in [0.15, 0.2) is 0 Å². The fourth-order valence-corrected chi connectivity index (χ4v) is 2.08. The molecule has 1 aromatic carbocycles. The second-order valence-electron chi connectivity index (χ2n) is 5.00. The Balaban J connectivity index is 2.70. The molecule has 0 radical (unpaired) electrons. The van der Waals surface area contributed by atoms with Crippen LogP contribution in [0.1, 0.15) is 32.8 Å². The van der Waals surface area contributed by atoms with Crippen LogP contribution in [0.3, 0.4) is 0 Å². The SMILES string of the molecule is CCc1ccccc1OC(C)CC(C)(N)C(=O)OC. The van der Waals surface area contributed by atoms with Crippen molar-refractivity contribution in [2.24, 2.45) is 5.73 Å². The van der Waals surface area contributed by atoms with Crippen molar-refractivity contribution in [1.82, 2.24) is 0 Å². The molecule has 19 heavy (non-hydrogen) atoms. The summed E-state index contributed by atoms with van der Waals surface area (Å²) in [6.45, 7) is 5.64. The zero-order valence-electron chi connectivity index (χ0n) is 12.1. The van der Waals surface area contributed by atoms with E-state index in [1.54, 1.807) is 6.92 Å². The third kappa shape index (κ3) is 4.24. The molecule has 4 nitrogen and oxygen atoms in total. The predicted octanol–water partition coefficient (Wildman–Crippen LogP) is 2.30. The van der Waals surface area contributed by atoms with E-state index >= 15 is 0 Å². The lowest BCUT2D eigenvalue weighted by Gasteiger charge is -2.26. The van der Waals surface area contributed by atoms with Crippen LogP contribution in [0, 0.1) is 0 Å². The molecule has 0 fully saturated rings. The molecule has 2 N–H and O–H groups in total. The molecule has 4 heteroatoms. The topological polar surface area (TPSA) is 61.5 Å². The number of methoxy groups -OCH3 is 1. The molecule has 0 aliphatic carbocycles. The van der Waals surface area contributed by atoms with Crippen LogP contribution in [-0.4, -0.2) is 24.7 Å². The number of hydrogen-bond donors (Lipinski definition) is 1. The van der Waals surface area contributed by atoms with E-state index in [0.717, 1.165) is 17.7 Å². The molecule has 1 rings (SSSR count). The number of rotatable bonds is 6. The van der Waals surface area contributed by atoms with Crippen molar-refractivity contribution < 1.29 is 14.3 Å². The van der Waals surface area contributed by atoms with E-state index in [1.165, 1.54) is 7.11 Å². The molecule has 0 heterocycles. The maximum absolute atomic E-state index is 11.5. The van der Waals surface area contributed by atoms with E-state index < -0.39 is 11.5 Å². The van der Waals surface area contributed by atoms with Gasteiger partial charge in [-0.2, -0.15) is 0 Å². The fourth-order valence-electron chi connectivity index (χ4n) is 2.08. The average Bonchev–Trinajstić information content (AvgIpc) is 2.37. The monoisotopic (exact) mass is 265 g/mol. The minimum atomic E-state index is -1.03. The molecule has 0 amide bonds. The molecule has 1 aromatic rings. The second kappa shape index (κ2) is 6.57. The Morgan fingerprint density at radius 2 is 2.05 bits per heavy atom. The third-order valence-corrected chi connectivity index (χ3v) is 3.04. The lowest BCUT2D eigenvalue weighted by Crippen LogP contribution is -2.48. The summed E-state index contributed by atoms with van der Waals surface area (Å²) in [4.78, 5) is 11.5. The smallest absolute Gasteiger partial charge is 0.325 e. The second-order valence-corrected chi connectivity index (χ2v) is 5.00. The van der Waals surface area contributed by atoms with Gasteiger partial charge in [0.25, 0.3) is 0 Å². The van der Waals surface area contributed by atoms with Gasteiger partial charge in [-0.15, -0.1) is 0 Å². The van der Waals surface area contributed by atoms with E-state index in [2.05, 4.69) is 6.92 Å². The lowest BCUT2D eigenvalue weighted by molar-refractivity contribution is -0.147. The standard InChI is InChI=1S/C15H23NO3/c1-5-12-8-6-7-9-13(12)19-11(2)10-15(3,16)14(17)18-4/h6-9,11H,5,10,16H2,1-4H3. The number of benzene rings is 1. The molecule has 0 bridgehead atoms. The molecule has 2 atom stereocenters. The molecule has 0 spiro atoms. The Hall–Kier alpha value is -1.55. The Labute approximate surface area is 114 Å². The highest BCUT2D eigenvalue weighted by molar-refractivity contribution is 5.79. The van der Waals surface area contributed by atoms with Crippen LogP contribution in [0.4, 0.5) is 0 Å². The molecular formula is C15H23NO3. The summed E-state index contributed by atoms with van der Waals surface area (Å²) in [6, 6.07) is 7.88. The number of para-hydroxylation sites is 1. The largest absolute Gasteiger partial charge is 0.490 e. The molecule has 0 saturated carbocycles. The molecule has 0 aliphatic heterocycles. The van der Waals surface area contributed by atoms with Gasteiger partial charge in [-0.05, 0) is 31.9 Å². The van der Waals surface area contributed by atoms with Crippen LogP contribution in [0.2, 0.25) is 0 Å². The number of nitrogens with two attached hydrogens (primary N) is 1. The van der Waals surface area contributed by atoms with E-state index in [4.69, 9.17) is 15.2 Å². The van der Waals surface area contributed by atoms with Crippen molar-refractivity contribution in [1.29, 1.82) is 0 Å². The summed E-state index contributed by atoms with van der Waals surface area (Å²) in [5.41, 5.74) is 6.05. The Bertz CT molecular complexity index is 429. The average molecular weight is 265 g/mol. The number of esters is 1. The summed E-state index contributed by atoms with van der Waals surface area (Å²) in [5.74, 6) is 0.421. The minimum absolute atomic E-state index is 0.165. The molecule has 0 aliphatic rings. The number of aryl methyl sites for hydroxylation is 1. The van der Waals surface area contributed by atoms with Crippen molar-refractivity contribution >= 4 is 5.97 Å². The van der Waals surface area contributed by atoms with Crippen LogP contribution in [-0.2, 0) is 16.0 Å². The van der Waals surface area contributed by atoms with Crippen LogP contribution in [0.15, 0.2) is 24.3 Å². The highest BCUT2D eigenvalue weighted by atomic mass is 16.5. The maximum Gasteiger partial charge on any atom is 0.325 e. The first-order valence-corrected chi connectivity index (χ1v) is 6.52. The first-order valence-electron chi connectivity index (χ1n) is 6.52. The van der Waals surface area contributed by atoms with Crippen molar-refractivity contribution in [2.75, 3.05) is 7.11 Å². The van der Waals surface area contributed by atoms with Gasteiger partial charge in [0.05, 0.1) is 13.2 Å². The Morgan fingerprint density at radius 1 is 1.42 bits per heavy atom. The third-order valence-electron chi connectivity index (χ3n) is 3.04. The fraction of sp³-hybridized carbons (Fsp3) is 0.533. The van der Waals surface area contributed by atoms with Gasteiger partial charge in [0.2, 0.25) is 0 Å². The van der Waals surface area contributed by atoms with Gasteiger partial charge in [0.1, 0.15) is 11.3 Å². The Morgan fingerprint density at radius 3 is 2.63 bits per heavy atom. The van der Waals surface area contributed by atoms with Gasteiger partial charge in [-0.25, -0.2) is 0 Å². The summed E-state index contributed by atoms with van der Waals surface area (Å²) < 4.78 is 10.6. The summed E-state index contributed by atoms with van der Waals surface area (Å²) in [6.07, 6.45) is 1.14. The van der Waals surface area contributed by atoms with Gasteiger partial charge in [-0.3, -0.25) is 4.79 Å². The normalized spacial score (nSPS) is 15.4. The van der Waals surface area contributed by atoms with Gasteiger partial charge >= 0.3 is 5.97 Å². The molecule has 0 aromatic heterocycles. The van der Waals surface area contributed by atoms with Crippen molar-refractivity contribution in [3.8, 4) is 5.75 Å². The predicted molar refractivity (Wildman–Crippen MR) is 75.1 cm³/mol. The van der Waals surface area contributed by atoms with Crippen LogP contribution >= 0.6 is 0 Å². The van der Waals surface area contributed by atoms with E-state index in [1.807, 2.05) is 31.2 Å². The minimum Gasteiger partial charge on any atom is -0.490 e. The zero-order chi connectivity index (χ0) is 14.5. The molecule has 2 unspecified atom stereocenters. The maximum atomic E-state index is 11.5. The van der Waals surface area contributed by atoms with Crippen LogP contribution in [0.5, 0.6) is 5.75 Å². The molecule has 0 saturated heterocycles. The molecular weight excluding hydrogens is 242 g/mol.